The molecule has 6 heteroatoms. The van der Waals surface area contributed by atoms with E-state index in [2.05, 4.69) is 10.6 Å². The number of nitrogens with one attached hydrogen (secondary N) is 2. The van der Waals surface area contributed by atoms with Gasteiger partial charge in [-0.15, -0.1) is 0 Å². The van der Waals surface area contributed by atoms with Crippen molar-refractivity contribution in [2.24, 2.45) is 0 Å². The number of carbonyl (C=O) groups excluding carboxylic acids is 3. The summed E-state index contributed by atoms with van der Waals surface area (Å²) >= 11 is 0. The zero-order valence-corrected chi connectivity index (χ0v) is 17.9. The van der Waals surface area contributed by atoms with Gasteiger partial charge in [0.2, 0.25) is 5.91 Å². The summed E-state index contributed by atoms with van der Waals surface area (Å²) in [7, 11) is 0. The van der Waals surface area contributed by atoms with E-state index in [9.17, 15) is 14.4 Å². The van der Waals surface area contributed by atoms with Crippen molar-refractivity contribution in [1.29, 1.82) is 0 Å². The highest BCUT2D eigenvalue weighted by molar-refractivity contribution is 5.97. The second-order valence-corrected chi connectivity index (χ2v) is 7.45. The number of amides is 2. The third-order valence-electron chi connectivity index (χ3n) is 4.60. The highest BCUT2D eigenvalue weighted by Crippen LogP contribution is 2.21. The van der Waals surface area contributed by atoms with Crippen molar-refractivity contribution in [1.82, 2.24) is 5.32 Å². The maximum atomic E-state index is 12.3. The van der Waals surface area contributed by atoms with Gasteiger partial charge < -0.3 is 15.4 Å². The second kappa shape index (κ2) is 9.37. The minimum absolute atomic E-state index is 0.203. The Morgan fingerprint density at radius 3 is 1.76 bits per heavy atom. The minimum atomic E-state index is -0.550. The van der Waals surface area contributed by atoms with Crippen LogP contribution in [0.2, 0.25) is 0 Å². The quantitative estimate of drug-likeness (QED) is 0.733. The number of ether oxygens (including phenoxy) is 1. The van der Waals surface area contributed by atoms with Gasteiger partial charge in [-0.2, -0.15) is 0 Å². The molecule has 0 bridgehead atoms. The standard InChI is InChI=1S/C23H28N2O4/c1-13-7-15(3)21(16(4)8-13)23(28)29-12-20(27)24-11-19(26)25-22-17(5)9-14(2)10-18(22)6/h7-10H,11-12H2,1-6H3,(H,24,27)(H,25,26). The van der Waals surface area contributed by atoms with Gasteiger partial charge in [0, 0.05) is 5.69 Å². The van der Waals surface area contributed by atoms with Gasteiger partial charge in [0.05, 0.1) is 12.1 Å². The number of esters is 1. The monoisotopic (exact) mass is 396 g/mol. The second-order valence-electron chi connectivity index (χ2n) is 7.45. The summed E-state index contributed by atoms with van der Waals surface area (Å²) in [6.07, 6.45) is 0. The van der Waals surface area contributed by atoms with Crippen LogP contribution in [-0.4, -0.2) is 30.9 Å². The first kappa shape index (κ1) is 22.1. The van der Waals surface area contributed by atoms with E-state index < -0.39 is 18.5 Å². The molecule has 29 heavy (non-hydrogen) atoms. The van der Waals surface area contributed by atoms with Gasteiger partial charge in [-0.05, 0) is 63.8 Å². The van der Waals surface area contributed by atoms with Gasteiger partial charge in [0.25, 0.3) is 5.91 Å². The van der Waals surface area contributed by atoms with Crippen LogP contribution in [0, 0.1) is 41.5 Å². The van der Waals surface area contributed by atoms with Crippen LogP contribution in [0.3, 0.4) is 0 Å². The summed E-state index contributed by atoms with van der Waals surface area (Å²) in [5.74, 6) is -1.43. The van der Waals surface area contributed by atoms with Gasteiger partial charge in [-0.1, -0.05) is 35.4 Å². The predicted molar refractivity (Wildman–Crippen MR) is 113 cm³/mol. The fourth-order valence-electron chi connectivity index (χ4n) is 3.50. The van der Waals surface area contributed by atoms with Gasteiger partial charge >= 0.3 is 5.97 Å². The molecule has 154 valence electrons. The van der Waals surface area contributed by atoms with Crippen molar-refractivity contribution in [2.45, 2.75) is 41.5 Å². The number of aryl methyl sites for hydroxylation is 6. The fraction of sp³-hybridized carbons (Fsp3) is 0.348. The van der Waals surface area contributed by atoms with Crippen LogP contribution in [-0.2, 0) is 14.3 Å². The van der Waals surface area contributed by atoms with Crippen molar-refractivity contribution in [2.75, 3.05) is 18.5 Å². The molecule has 0 saturated carbocycles. The number of carbonyl (C=O) groups is 3. The molecule has 2 N–H and O–H groups in total. The topological polar surface area (TPSA) is 84.5 Å². The Morgan fingerprint density at radius 2 is 1.24 bits per heavy atom. The Bertz CT molecular complexity index is 917. The van der Waals surface area contributed by atoms with E-state index in [1.165, 1.54) is 0 Å². The van der Waals surface area contributed by atoms with Crippen LogP contribution in [0.4, 0.5) is 5.69 Å². The minimum Gasteiger partial charge on any atom is -0.452 e. The Hall–Kier alpha value is -3.15. The molecule has 2 aromatic rings. The van der Waals surface area contributed by atoms with E-state index >= 15 is 0 Å². The molecular weight excluding hydrogens is 368 g/mol. The molecular formula is C23H28N2O4. The molecule has 0 fully saturated rings. The lowest BCUT2D eigenvalue weighted by molar-refractivity contribution is -0.126. The van der Waals surface area contributed by atoms with Gasteiger partial charge in [-0.25, -0.2) is 4.79 Å². The lowest BCUT2D eigenvalue weighted by atomic mass is 10.00. The third kappa shape index (κ3) is 5.91. The van der Waals surface area contributed by atoms with Crippen LogP contribution < -0.4 is 10.6 Å². The SMILES string of the molecule is Cc1cc(C)c(NC(=O)CNC(=O)COC(=O)c2c(C)cc(C)cc2C)c(C)c1. The summed E-state index contributed by atoms with van der Waals surface area (Å²) in [5, 5.41) is 5.28. The van der Waals surface area contributed by atoms with Crippen molar-refractivity contribution in [3.8, 4) is 0 Å². The molecule has 0 aromatic heterocycles. The van der Waals surface area contributed by atoms with Gasteiger partial charge in [0.15, 0.2) is 6.61 Å². The largest absolute Gasteiger partial charge is 0.452 e. The van der Waals surface area contributed by atoms with Crippen molar-refractivity contribution >= 4 is 23.5 Å². The predicted octanol–water partition coefficient (Wildman–Crippen LogP) is 3.45. The number of rotatable bonds is 6. The first-order chi connectivity index (χ1) is 13.6. The molecule has 0 radical (unpaired) electrons. The molecule has 2 amide bonds. The molecule has 0 spiro atoms. The Morgan fingerprint density at radius 1 is 0.759 bits per heavy atom. The molecule has 0 atom stereocenters. The lowest BCUT2D eigenvalue weighted by Gasteiger charge is -2.13. The van der Waals surface area contributed by atoms with E-state index in [4.69, 9.17) is 4.74 Å². The van der Waals surface area contributed by atoms with Gasteiger partial charge in [0.1, 0.15) is 0 Å². The third-order valence-corrected chi connectivity index (χ3v) is 4.60. The van der Waals surface area contributed by atoms with E-state index in [1.54, 1.807) is 0 Å². The molecule has 0 heterocycles. The summed E-state index contributed by atoms with van der Waals surface area (Å²) in [5.41, 5.74) is 6.90. The number of anilines is 1. The molecule has 0 aliphatic rings. The zero-order valence-electron chi connectivity index (χ0n) is 17.9. The highest BCUT2D eigenvalue weighted by Gasteiger charge is 2.16. The summed E-state index contributed by atoms with van der Waals surface area (Å²) in [4.78, 5) is 36.4. The summed E-state index contributed by atoms with van der Waals surface area (Å²) in [6, 6.07) is 7.75. The van der Waals surface area contributed by atoms with Crippen LogP contribution in [0.25, 0.3) is 0 Å². The maximum absolute atomic E-state index is 12.3. The average molecular weight is 396 g/mol. The van der Waals surface area contributed by atoms with Crippen LogP contribution in [0.15, 0.2) is 24.3 Å². The van der Waals surface area contributed by atoms with E-state index in [0.717, 1.165) is 39.1 Å². The van der Waals surface area contributed by atoms with Crippen LogP contribution >= 0.6 is 0 Å². The molecule has 2 rings (SSSR count). The van der Waals surface area contributed by atoms with Crippen molar-refractivity contribution in [3.05, 3.63) is 63.2 Å². The fourth-order valence-corrected chi connectivity index (χ4v) is 3.50. The van der Waals surface area contributed by atoms with Crippen LogP contribution in [0.1, 0.15) is 43.7 Å². The zero-order chi connectivity index (χ0) is 21.7. The Kier molecular flexibility index (Phi) is 7.15. The van der Waals surface area contributed by atoms with Crippen LogP contribution in [0.5, 0.6) is 0 Å². The summed E-state index contributed by atoms with van der Waals surface area (Å²) < 4.78 is 5.11. The first-order valence-corrected chi connectivity index (χ1v) is 9.48. The molecule has 0 aliphatic carbocycles. The smallest absolute Gasteiger partial charge is 0.339 e. The van der Waals surface area contributed by atoms with Crippen molar-refractivity contribution in [3.63, 3.8) is 0 Å². The normalized spacial score (nSPS) is 10.4. The molecule has 0 saturated heterocycles. The molecule has 0 unspecified atom stereocenters. The molecule has 2 aromatic carbocycles. The Labute approximate surface area is 171 Å². The number of benzene rings is 2. The molecule has 0 aliphatic heterocycles. The van der Waals surface area contributed by atoms with E-state index in [-0.39, 0.29) is 12.5 Å². The Balaban J connectivity index is 1.86. The van der Waals surface area contributed by atoms with Crippen molar-refractivity contribution < 1.29 is 19.1 Å². The highest BCUT2D eigenvalue weighted by atomic mass is 16.5. The lowest BCUT2D eigenvalue weighted by Crippen LogP contribution is -2.35. The van der Waals surface area contributed by atoms with E-state index in [0.29, 0.717) is 5.56 Å². The average Bonchev–Trinajstić information content (AvgIpc) is 2.60. The number of hydrogen-bond acceptors (Lipinski definition) is 4. The number of hydrogen-bond donors (Lipinski definition) is 2. The maximum Gasteiger partial charge on any atom is 0.339 e. The molecule has 6 nitrogen and oxygen atoms in total. The first-order valence-electron chi connectivity index (χ1n) is 9.48. The van der Waals surface area contributed by atoms with E-state index in [1.807, 2.05) is 65.8 Å². The van der Waals surface area contributed by atoms with Gasteiger partial charge in [-0.3, -0.25) is 9.59 Å². The summed E-state index contributed by atoms with van der Waals surface area (Å²) in [6.45, 7) is 10.8.